The van der Waals surface area contributed by atoms with E-state index in [-0.39, 0.29) is 0 Å². The molecule has 1 aromatic carbocycles. The molecule has 3 heteroatoms. The summed E-state index contributed by atoms with van der Waals surface area (Å²) in [7, 11) is 2.04. The molecule has 0 atom stereocenters. The number of nitrogens with one attached hydrogen (secondary N) is 3. The summed E-state index contributed by atoms with van der Waals surface area (Å²) in [6, 6.07) is 8.49. The maximum atomic E-state index is 3.65. The normalized spacial score (nSPS) is 17.0. The first kappa shape index (κ1) is 11.6. The summed E-state index contributed by atoms with van der Waals surface area (Å²) in [6.45, 7) is 4.32. The number of rotatable bonds is 5. The number of aromatic nitrogens is 1. The average Bonchev–Trinajstić information content (AvgIpc) is 3.04. The number of fused-ring (bicyclic) bond motifs is 1. The van der Waals surface area contributed by atoms with Crippen LogP contribution in [0.1, 0.15) is 18.5 Å². The van der Waals surface area contributed by atoms with E-state index in [1.807, 2.05) is 7.05 Å². The summed E-state index contributed by atoms with van der Waals surface area (Å²) in [4.78, 5) is 3.44. The Bertz CT molecular complexity index is 552. The van der Waals surface area contributed by atoms with Crippen molar-refractivity contribution in [2.45, 2.75) is 19.8 Å². The van der Waals surface area contributed by atoms with E-state index in [0.29, 0.717) is 5.41 Å². The third-order valence-corrected chi connectivity index (χ3v) is 4.04. The van der Waals surface area contributed by atoms with Gasteiger partial charge in [-0.05, 0) is 32.9 Å². The van der Waals surface area contributed by atoms with E-state index in [1.165, 1.54) is 35.1 Å². The zero-order valence-corrected chi connectivity index (χ0v) is 11.1. The number of aromatic amines is 1. The van der Waals surface area contributed by atoms with Crippen molar-refractivity contribution >= 4 is 16.6 Å². The number of H-pyrrole nitrogens is 1. The van der Waals surface area contributed by atoms with E-state index in [4.69, 9.17) is 0 Å². The fourth-order valence-electron chi connectivity index (χ4n) is 2.75. The molecule has 0 amide bonds. The molecule has 1 fully saturated rings. The summed E-state index contributed by atoms with van der Waals surface area (Å²) in [5.41, 5.74) is 4.21. The Labute approximate surface area is 108 Å². The van der Waals surface area contributed by atoms with Crippen molar-refractivity contribution < 1.29 is 0 Å². The van der Waals surface area contributed by atoms with Crippen molar-refractivity contribution in [2.75, 3.05) is 25.5 Å². The molecule has 96 valence electrons. The zero-order valence-electron chi connectivity index (χ0n) is 11.1. The molecule has 0 unspecified atom stereocenters. The molecule has 1 heterocycles. The van der Waals surface area contributed by atoms with Gasteiger partial charge >= 0.3 is 0 Å². The molecule has 2 aromatic rings. The zero-order chi connectivity index (χ0) is 12.6. The van der Waals surface area contributed by atoms with E-state index < -0.39 is 0 Å². The summed E-state index contributed by atoms with van der Waals surface area (Å²) < 4.78 is 0. The molecule has 0 aliphatic heterocycles. The lowest BCUT2D eigenvalue weighted by atomic mass is 10.1. The Morgan fingerprint density at radius 3 is 2.72 bits per heavy atom. The Morgan fingerprint density at radius 2 is 2.00 bits per heavy atom. The van der Waals surface area contributed by atoms with Crippen molar-refractivity contribution in [2.24, 2.45) is 5.41 Å². The van der Waals surface area contributed by atoms with Crippen LogP contribution in [0.2, 0.25) is 0 Å². The largest absolute Gasteiger partial charge is 0.382 e. The first-order valence-electron chi connectivity index (χ1n) is 6.70. The second kappa shape index (κ2) is 4.32. The van der Waals surface area contributed by atoms with Gasteiger partial charge in [0, 0.05) is 35.1 Å². The van der Waals surface area contributed by atoms with E-state index in [0.717, 1.165) is 13.1 Å². The second-order valence-corrected chi connectivity index (χ2v) is 5.55. The molecular weight excluding hydrogens is 222 g/mol. The molecule has 1 aromatic heterocycles. The van der Waals surface area contributed by atoms with Crippen molar-refractivity contribution in [1.29, 1.82) is 0 Å². The predicted octanol–water partition coefficient (Wildman–Crippen LogP) is 2.89. The Kier molecular flexibility index (Phi) is 2.78. The number of hydrogen-bond donors (Lipinski definition) is 3. The van der Waals surface area contributed by atoms with Gasteiger partial charge in [-0.3, -0.25) is 0 Å². The molecule has 0 saturated heterocycles. The lowest BCUT2D eigenvalue weighted by Crippen LogP contribution is -2.26. The minimum atomic E-state index is 0.486. The summed E-state index contributed by atoms with van der Waals surface area (Å²) in [5, 5.41) is 8.26. The van der Waals surface area contributed by atoms with Crippen LogP contribution in [0, 0.1) is 12.3 Å². The molecule has 3 N–H and O–H groups in total. The molecule has 1 saturated carbocycles. The van der Waals surface area contributed by atoms with Crippen molar-refractivity contribution in [3.63, 3.8) is 0 Å². The van der Waals surface area contributed by atoms with Crippen LogP contribution in [0.4, 0.5) is 5.69 Å². The third-order valence-electron chi connectivity index (χ3n) is 4.04. The van der Waals surface area contributed by atoms with Crippen molar-refractivity contribution in [3.05, 3.63) is 30.0 Å². The molecule has 0 spiro atoms. The van der Waals surface area contributed by atoms with Crippen LogP contribution in [0.25, 0.3) is 10.9 Å². The predicted molar refractivity (Wildman–Crippen MR) is 77.1 cm³/mol. The van der Waals surface area contributed by atoms with Crippen LogP contribution in [0.3, 0.4) is 0 Å². The maximum Gasteiger partial charge on any atom is 0.0628 e. The number of benzene rings is 1. The fourth-order valence-corrected chi connectivity index (χ4v) is 2.75. The first-order chi connectivity index (χ1) is 8.74. The lowest BCUT2D eigenvalue weighted by Gasteiger charge is -2.16. The van der Waals surface area contributed by atoms with Gasteiger partial charge in [-0.25, -0.2) is 0 Å². The maximum absolute atomic E-state index is 3.65. The Balaban J connectivity index is 1.80. The van der Waals surface area contributed by atoms with Crippen LogP contribution in [0.15, 0.2) is 24.3 Å². The molecule has 3 rings (SSSR count). The van der Waals surface area contributed by atoms with Crippen molar-refractivity contribution in [1.82, 2.24) is 10.3 Å². The number of hydrogen-bond acceptors (Lipinski definition) is 2. The number of aryl methyl sites for hydroxylation is 1. The summed E-state index contributed by atoms with van der Waals surface area (Å²) >= 11 is 0. The highest BCUT2D eigenvalue weighted by Gasteiger charge is 2.41. The lowest BCUT2D eigenvalue weighted by molar-refractivity contribution is 0.507. The molecule has 1 aliphatic carbocycles. The van der Waals surface area contributed by atoms with Gasteiger partial charge in [-0.2, -0.15) is 0 Å². The van der Waals surface area contributed by atoms with Crippen LogP contribution < -0.4 is 10.6 Å². The molecule has 1 aliphatic rings. The molecule has 0 bridgehead atoms. The van der Waals surface area contributed by atoms with Gasteiger partial charge in [0.2, 0.25) is 0 Å². The minimum Gasteiger partial charge on any atom is -0.382 e. The minimum absolute atomic E-state index is 0.486. The highest BCUT2D eigenvalue weighted by Crippen LogP contribution is 2.45. The van der Waals surface area contributed by atoms with Gasteiger partial charge in [0.15, 0.2) is 0 Å². The fraction of sp³-hybridized carbons (Fsp3) is 0.467. The third kappa shape index (κ3) is 1.99. The highest BCUT2D eigenvalue weighted by molar-refractivity contribution is 5.94. The van der Waals surface area contributed by atoms with Gasteiger partial charge in [0.1, 0.15) is 0 Å². The monoisotopic (exact) mass is 243 g/mol. The van der Waals surface area contributed by atoms with Crippen LogP contribution in [-0.4, -0.2) is 25.1 Å². The topological polar surface area (TPSA) is 39.8 Å². The van der Waals surface area contributed by atoms with Crippen LogP contribution in [0.5, 0.6) is 0 Å². The second-order valence-electron chi connectivity index (χ2n) is 5.55. The molecule has 0 radical (unpaired) electrons. The van der Waals surface area contributed by atoms with Gasteiger partial charge in [-0.15, -0.1) is 0 Å². The van der Waals surface area contributed by atoms with Gasteiger partial charge < -0.3 is 15.6 Å². The Hall–Kier alpha value is -1.48. The molecular formula is C15H21N3. The van der Waals surface area contributed by atoms with Crippen molar-refractivity contribution in [3.8, 4) is 0 Å². The number of para-hydroxylation sites is 1. The SMILES string of the molecule is CNCC1(CNc2c(C)[nH]c3ccccc23)CC1. The standard InChI is InChI=1S/C15H21N3/c1-11-14(12-5-3-4-6-13(12)18-11)17-10-15(7-8-15)9-16-2/h3-6,16-18H,7-10H2,1-2H3. The Morgan fingerprint density at radius 1 is 1.22 bits per heavy atom. The quantitative estimate of drug-likeness (QED) is 0.755. The van der Waals surface area contributed by atoms with E-state index >= 15 is 0 Å². The van der Waals surface area contributed by atoms with Gasteiger partial charge in [0.05, 0.1) is 5.69 Å². The van der Waals surface area contributed by atoms with Gasteiger partial charge in [-0.1, -0.05) is 18.2 Å². The van der Waals surface area contributed by atoms with E-state index in [9.17, 15) is 0 Å². The van der Waals surface area contributed by atoms with E-state index in [2.05, 4.69) is 46.8 Å². The number of anilines is 1. The average molecular weight is 243 g/mol. The summed E-state index contributed by atoms with van der Waals surface area (Å²) in [6.07, 6.45) is 2.67. The van der Waals surface area contributed by atoms with E-state index in [1.54, 1.807) is 0 Å². The summed E-state index contributed by atoms with van der Waals surface area (Å²) in [5.74, 6) is 0. The molecule has 3 nitrogen and oxygen atoms in total. The highest BCUT2D eigenvalue weighted by atomic mass is 15.0. The molecule has 18 heavy (non-hydrogen) atoms. The van der Waals surface area contributed by atoms with Crippen LogP contribution in [-0.2, 0) is 0 Å². The van der Waals surface area contributed by atoms with Crippen LogP contribution >= 0.6 is 0 Å². The van der Waals surface area contributed by atoms with Gasteiger partial charge in [0.25, 0.3) is 0 Å². The smallest absolute Gasteiger partial charge is 0.0628 e. The first-order valence-corrected chi connectivity index (χ1v) is 6.70.